The Balaban J connectivity index is 1.51. The third-order valence-corrected chi connectivity index (χ3v) is 7.56. The number of nitrogens with zero attached hydrogens (tertiary/aromatic N) is 3. The van der Waals surface area contributed by atoms with Crippen molar-refractivity contribution in [1.82, 2.24) is 15.0 Å². The molecule has 3 nitrogen and oxygen atoms in total. The fourth-order valence-corrected chi connectivity index (χ4v) is 5.65. The lowest BCUT2D eigenvalue weighted by atomic mass is 9.81. The third-order valence-electron chi connectivity index (χ3n) is 7.56. The predicted octanol–water partition coefficient (Wildman–Crippen LogP) is 8.33. The van der Waals surface area contributed by atoms with Gasteiger partial charge in [0.1, 0.15) is 0 Å². The second kappa shape index (κ2) is 8.21. The maximum absolute atomic E-state index is 5.13. The smallest absolute Gasteiger partial charge is 0.160 e. The van der Waals surface area contributed by atoms with Gasteiger partial charge in [-0.1, -0.05) is 86.6 Å². The molecule has 0 atom stereocenters. The van der Waals surface area contributed by atoms with Gasteiger partial charge in [0.05, 0.1) is 11.4 Å². The molecule has 6 aromatic rings. The van der Waals surface area contributed by atoms with E-state index in [4.69, 9.17) is 9.97 Å². The number of pyridine rings is 1. The minimum absolute atomic E-state index is 0.105. The van der Waals surface area contributed by atoms with Crippen molar-refractivity contribution in [3.63, 3.8) is 0 Å². The molecule has 0 saturated heterocycles. The first kappa shape index (κ1) is 21.6. The van der Waals surface area contributed by atoms with Crippen molar-refractivity contribution in [3.05, 3.63) is 127 Å². The van der Waals surface area contributed by atoms with Crippen LogP contribution in [0.1, 0.15) is 25.0 Å². The van der Waals surface area contributed by atoms with Crippen LogP contribution >= 0.6 is 0 Å². The summed E-state index contributed by atoms with van der Waals surface area (Å²) in [6.07, 6.45) is 3.65. The van der Waals surface area contributed by atoms with Crippen molar-refractivity contribution in [2.45, 2.75) is 19.3 Å². The fourth-order valence-electron chi connectivity index (χ4n) is 5.65. The third kappa shape index (κ3) is 3.47. The molecule has 2 aromatic heterocycles. The molecule has 0 radical (unpaired) electrons. The van der Waals surface area contributed by atoms with E-state index >= 15 is 0 Å². The van der Waals surface area contributed by atoms with E-state index in [0.717, 1.165) is 28.1 Å². The van der Waals surface area contributed by atoms with E-state index in [-0.39, 0.29) is 5.41 Å². The summed E-state index contributed by atoms with van der Waals surface area (Å²) in [7, 11) is 0. The van der Waals surface area contributed by atoms with E-state index < -0.39 is 0 Å². The summed E-state index contributed by atoms with van der Waals surface area (Å²) in [4.78, 5) is 14.4. The van der Waals surface area contributed by atoms with Gasteiger partial charge < -0.3 is 0 Å². The molecule has 0 N–H and O–H groups in total. The Bertz CT molecular complexity index is 1730. The molecule has 37 heavy (non-hydrogen) atoms. The van der Waals surface area contributed by atoms with E-state index in [1.807, 2.05) is 36.5 Å². The van der Waals surface area contributed by atoms with Gasteiger partial charge in [-0.15, -0.1) is 0 Å². The van der Waals surface area contributed by atoms with Crippen molar-refractivity contribution < 1.29 is 0 Å². The molecule has 1 aliphatic carbocycles. The summed E-state index contributed by atoms with van der Waals surface area (Å²) < 4.78 is 0. The summed E-state index contributed by atoms with van der Waals surface area (Å²) in [5.41, 5.74) is 10.0. The first-order chi connectivity index (χ1) is 18.1. The maximum Gasteiger partial charge on any atom is 0.160 e. The zero-order valence-electron chi connectivity index (χ0n) is 20.8. The highest BCUT2D eigenvalue weighted by atomic mass is 14.9. The lowest BCUT2D eigenvalue weighted by Crippen LogP contribution is -2.14. The topological polar surface area (TPSA) is 38.7 Å². The van der Waals surface area contributed by atoms with Crippen LogP contribution in [0.3, 0.4) is 0 Å². The SMILES string of the molecule is CC1(C)c2cc3ccccc3cc2-c2c(-c3cc(-c4cccnc4)nc(-c4ccccc4)n3)cccc21. The van der Waals surface area contributed by atoms with Crippen LogP contribution < -0.4 is 0 Å². The van der Waals surface area contributed by atoms with Gasteiger partial charge in [0.2, 0.25) is 0 Å². The molecule has 0 saturated carbocycles. The molecule has 2 heterocycles. The standard InChI is InChI=1S/C34H25N3/c1-34(2)28-16-8-15-26(32(28)27-18-23-12-6-7-13-24(23)19-29(27)34)31-20-30(25-14-9-17-35-21-25)36-33(37-31)22-10-4-3-5-11-22/h3-21H,1-2H3. The molecule has 176 valence electrons. The maximum atomic E-state index is 5.13. The van der Waals surface area contributed by atoms with Crippen LogP contribution in [0.25, 0.3) is 55.8 Å². The Labute approximate surface area is 216 Å². The summed E-state index contributed by atoms with van der Waals surface area (Å²) in [5, 5.41) is 2.53. The van der Waals surface area contributed by atoms with Crippen LogP contribution in [-0.4, -0.2) is 15.0 Å². The number of benzene rings is 4. The summed E-state index contributed by atoms with van der Waals surface area (Å²) in [5.74, 6) is 0.713. The van der Waals surface area contributed by atoms with Gasteiger partial charge in [-0.2, -0.15) is 0 Å². The number of hydrogen-bond donors (Lipinski definition) is 0. The second-order valence-corrected chi connectivity index (χ2v) is 10.2. The van der Waals surface area contributed by atoms with Gasteiger partial charge in [0.25, 0.3) is 0 Å². The van der Waals surface area contributed by atoms with Crippen LogP contribution in [-0.2, 0) is 5.41 Å². The van der Waals surface area contributed by atoms with Crippen LogP contribution in [0, 0.1) is 0 Å². The Morgan fingerprint density at radius 1 is 0.568 bits per heavy atom. The molecule has 7 rings (SSSR count). The van der Waals surface area contributed by atoms with Crippen molar-refractivity contribution in [1.29, 1.82) is 0 Å². The van der Waals surface area contributed by atoms with Crippen LogP contribution in [0.15, 0.2) is 116 Å². The van der Waals surface area contributed by atoms with E-state index in [1.165, 1.54) is 33.0 Å². The summed E-state index contributed by atoms with van der Waals surface area (Å²) in [6, 6.07) is 36.3. The Morgan fingerprint density at radius 2 is 1.30 bits per heavy atom. The highest BCUT2D eigenvalue weighted by molar-refractivity contribution is 5.98. The van der Waals surface area contributed by atoms with Crippen LogP contribution in [0.5, 0.6) is 0 Å². The fraction of sp³-hybridized carbons (Fsp3) is 0.0882. The van der Waals surface area contributed by atoms with Gasteiger partial charge in [-0.05, 0) is 63.4 Å². The van der Waals surface area contributed by atoms with E-state index in [1.54, 1.807) is 6.20 Å². The Kier molecular flexibility index (Phi) is 4.80. The molecule has 0 bridgehead atoms. The van der Waals surface area contributed by atoms with Gasteiger partial charge in [0.15, 0.2) is 5.82 Å². The van der Waals surface area contributed by atoms with Crippen molar-refractivity contribution in [2.24, 2.45) is 0 Å². The summed E-state index contributed by atoms with van der Waals surface area (Å²) in [6.45, 7) is 4.65. The first-order valence-electron chi connectivity index (χ1n) is 12.6. The van der Waals surface area contributed by atoms with Gasteiger partial charge >= 0.3 is 0 Å². The zero-order chi connectivity index (χ0) is 25.0. The number of rotatable bonds is 3. The highest BCUT2D eigenvalue weighted by Crippen LogP contribution is 2.53. The molecule has 1 aliphatic rings. The molecule has 0 fully saturated rings. The molecule has 4 aromatic carbocycles. The molecule has 0 amide bonds. The largest absolute Gasteiger partial charge is 0.264 e. The monoisotopic (exact) mass is 475 g/mol. The van der Waals surface area contributed by atoms with E-state index in [2.05, 4.69) is 91.6 Å². The normalized spacial score (nSPS) is 13.4. The van der Waals surface area contributed by atoms with Crippen molar-refractivity contribution >= 4 is 10.8 Å². The minimum atomic E-state index is -0.105. The highest BCUT2D eigenvalue weighted by Gasteiger charge is 2.37. The average molecular weight is 476 g/mol. The van der Waals surface area contributed by atoms with Crippen molar-refractivity contribution in [3.8, 4) is 45.0 Å². The molecular formula is C34H25N3. The number of fused-ring (bicyclic) bond motifs is 4. The summed E-state index contributed by atoms with van der Waals surface area (Å²) >= 11 is 0. The van der Waals surface area contributed by atoms with Gasteiger partial charge in [0, 0.05) is 34.5 Å². The molecular weight excluding hydrogens is 450 g/mol. The second-order valence-electron chi connectivity index (χ2n) is 10.2. The number of hydrogen-bond acceptors (Lipinski definition) is 3. The van der Waals surface area contributed by atoms with Gasteiger partial charge in [-0.3, -0.25) is 4.98 Å². The zero-order valence-corrected chi connectivity index (χ0v) is 20.8. The molecule has 0 aliphatic heterocycles. The molecule has 0 spiro atoms. The van der Waals surface area contributed by atoms with Gasteiger partial charge in [-0.25, -0.2) is 9.97 Å². The van der Waals surface area contributed by atoms with Crippen molar-refractivity contribution in [2.75, 3.05) is 0 Å². The minimum Gasteiger partial charge on any atom is -0.264 e. The molecule has 3 heteroatoms. The van der Waals surface area contributed by atoms with E-state index in [0.29, 0.717) is 5.82 Å². The van der Waals surface area contributed by atoms with Crippen LogP contribution in [0.2, 0.25) is 0 Å². The Morgan fingerprint density at radius 3 is 2.08 bits per heavy atom. The number of aromatic nitrogens is 3. The van der Waals surface area contributed by atoms with E-state index in [9.17, 15) is 0 Å². The predicted molar refractivity (Wildman–Crippen MR) is 151 cm³/mol. The molecule has 0 unspecified atom stereocenters. The Hall–Kier alpha value is -4.63. The van der Waals surface area contributed by atoms with Crippen LogP contribution in [0.4, 0.5) is 0 Å². The lowest BCUT2D eigenvalue weighted by Gasteiger charge is -2.22. The quantitative estimate of drug-likeness (QED) is 0.258. The average Bonchev–Trinajstić information content (AvgIpc) is 3.18. The first-order valence-corrected chi connectivity index (χ1v) is 12.6. The lowest BCUT2D eigenvalue weighted by molar-refractivity contribution is 0.661.